The van der Waals surface area contributed by atoms with E-state index in [1.165, 1.54) is 18.2 Å². The summed E-state index contributed by atoms with van der Waals surface area (Å²) >= 11 is 0. The molecule has 1 aliphatic carbocycles. The topological polar surface area (TPSA) is 72.4 Å². The number of halogens is 6. The van der Waals surface area contributed by atoms with Gasteiger partial charge >= 0.3 is 12.4 Å². The van der Waals surface area contributed by atoms with E-state index in [9.17, 15) is 31.1 Å². The predicted octanol–water partition coefficient (Wildman–Crippen LogP) is 3.93. The molecule has 0 amide bonds. The van der Waals surface area contributed by atoms with E-state index in [1.807, 2.05) is 0 Å². The van der Waals surface area contributed by atoms with Crippen molar-refractivity contribution >= 4 is 17.7 Å². The van der Waals surface area contributed by atoms with Gasteiger partial charge in [-0.15, -0.1) is 0 Å². The van der Waals surface area contributed by atoms with Crippen LogP contribution in [0.5, 0.6) is 0 Å². The highest BCUT2D eigenvalue weighted by Gasteiger charge is 2.57. The Hall–Kier alpha value is -3.42. The van der Waals surface area contributed by atoms with Crippen LogP contribution in [-0.4, -0.2) is 17.1 Å². The molecule has 11 heteroatoms. The van der Waals surface area contributed by atoms with E-state index in [2.05, 4.69) is 22.2 Å². The second kappa shape index (κ2) is 7.32. The second-order valence-electron chi connectivity index (χ2n) is 7.62. The van der Waals surface area contributed by atoms with Gasteiger partial charge in [-0.25, -0.2) is 4.99 Å². The lowest BCUT2D eigenvalue weighted by atomic mass is 9.86. The molecule has 1 saturated carbocycles. The smallest absolute Gasteiger partial charge is 0.394 e. The Morgan fingerprint density at radius 1 is 1.19 bits per heavy atom. The fourth-order valence-electron chi connectivity index (χ4n) is 3.38. The molecule has 0 radical (unpaired) electrons. The Balaban J connectivity index is 1.71. The van der Waals surface area contributed by atoms with Crippen LogP contribution < -0.4 is 16.6 Å². The first kappa shape index (κ1) is 21.8. The highest BCUT2D eigenvalue weighted by Crippen LogP contribution is 2.44. The quantitative estimate of drug-likeness (QED) is 0.534. The van der Waals surface area contributed by atoms with Crippen LogP contribution in [0.15, 0.2) is 40.2 Å². The number of hydrogen-bond acceptors (Lipinski definition) is 4. The maximum atomic E-state index is 14.0. The molecule has 0 unspecified atom stereocenters. The van der Waals surface area contributed by atoms with Gasteiger partial charge in [0.25, 0.3) is 5.56 Å². The molecule has 4 rings (SSSR count). The van der Waals surface area contributed by atoms with E-state index in [0.29, 0.717) is 11.6 Å². The fourth-order valence-corrected chi connectivity index (χ4v) is 3.38. The molecule has 168 valence electrons. The number of rotatable bonds is 2. The number of nitrogens with zero attached hydrogens (tertiary/aromatic N) is 2. The number of fused-ring (bicyclic) bond motifs is 1. The molecule has 0 bridgehead atoms. The monoisotopic (exact) mass is 454 g/mol. The second-order valence-corrected chi connectivity index (χ2v) is 7.62. The number of nitrogen functional groups attached to an aromatic ring is 1. The van der Waals surface area contributed by atoms with Crippen molar-refractivity contribution < 1.29 is 26.3 Å². The van der Waals surface area contributed by atoms with Crippen molar-refractivity contribution in [3.63, 3.8) is 0 Å². The van der Waals surface area contributed by atoms with E-state index in [4.69, 9.17) is 5.73 Å². The molecule has 3 N–H and O–H groups in total. The van der Waals surface area contributed by atoms with Crippen LogP contribution in [0.4, 0.5) is 37.7 Å². The number of nitrogens with one attached hydrogen (secondary N) is 1. The number of alkyl halides is 6. The molecular weight excluding hydrogens is 438 g/mol. The van der Waals surface area contributed by atoms with Crippen molar-refractivity contribution in [3.8, 4) is 11.8 Å². The third kappa shape index (κ3) is 3.81. The van der Waals surface area contributed by atoms with Gasteiger partial charge in [0.15, 0.2) is 0 Å². The van der Waals surface area contributed by atoms with Gasteiger partial charge in [-0.1, -0.05) is 24.0 Å². The molecule has 2 aliphatic rings. The highest BCUT2D eigenvalue weighted by molar-refractivity contribution is 5.72. The first-order chi connectivity index (χ1) is 14.9. The summed E-state index contributed by atoms with van der Waals surface area (Å²) in [6, 6.07) is 4.58. The molecule has 0 saturated heterocycles. The van der Waals surface area contributed by atoms with Gasteiger partial charge in [-0.05, 0) is 30.5 Å². The van der Waals surface area contributed by atoms with Gasteiger partial charge in [0, 0.05) is 17.7 Å². The fraction of sp³-hybridized carbons (Fsp3) is 0.333. The summed E-state index contributed by atoms with van der Waals surface area (Å²) < 4.78 is 81.8. The number of nitrogens with two attached hydrogens (primary N) is 1. The number of pyridine rings is 1. The molecule has 1 aliphatic heterocycles. The normalized spacial score (nSPS) is 20.2. The van der Waals surface area contributed by atoms with Gasteiger partial charge in [-0.2, -0.15) is 26.3 Å². The Bertz CT molecular complexity index is 1210. The van der Waals surface area contributed by atoms with Crippen molar-refractivity contribution in [2.24, 2.45) is 10.9 Å². The van der Waals surface area contributed by atoms with E-state index >= 15 is 0 Å². The number of aliphatic imine (C=N–C) groups is 1. The first-order valence-corrected chi connectivity index (χ1v) is 9.51. The molecule has 5 nitrogen and oxygen atoms in total. The summed E-state index contributed by atoms with van der Waals surface area (Å²) in [4.78, 5) is 16.2. The third-order valence-electron chi connectivity index (χ3n) is 5.28. The summed E-state index contributed by atoms with van der Waals surface area (Å²) in [6.07, 6.45) is -6.15. The van der Waals surface area contributed by atoms with Gasteiger partial charge in [0.05, 0.1) is 24.1 Å². The minimum atomic E-state index is -4.78. The predicted molar refractivity (Wildman–Crippen MR) is 105 cm³/mol. The largest absolute Gasteiger partial charge is 0.427 e. The van der Waals surface area contributed by atoms with Crippen LogP contribution in [0.1, 0.15) is 29.5 Å². The highest BCUT2D eigenvalue weighted by atomic mass is 19.4. The third-order valence-corrected chi connectivity index (χ3v) is 5.28. The molecule has 1 atom stereocenters. The maximum absolute atomic E-state index is 14.0. The average Bonchev–Trinajstić information content (AvgIpc) is 3.52. The molecule has 1 fully saturated rings. The van der Waals surface area contributed by atoms with Crippen LogP contribution >= 0.6 is 0 Å². The van der Waals surface area contributed by atoms with Crippen LogP contribution in [0.3, 0.4) is 0 Å². The van der Waals surface area contributed by atoms with Crippen molar-refractivity contribution in [1.82, 2.24) is 9.88 Å². The number of anilines is 1. The van der Waals surface area contributed by atoms with Gasteiger partial charge < -0.3 is 15.6 Å². The molecular formula is C21H16F6N4O. The maximum Gasteiger partial charge on any atom is 0.427 e. The van der Waals surface area contributed by atoms with Gasteiger partial charge in [-0.3, -0.25) is 4.79 Å². The lowest BCUT2D eigenvalue weighted by Crippen LogP contribution is -2.53. The van der Waals surface area contributed by atoms with Gasteiger partial charge in [0.1, 0.15) is 5.69 Å². The van der Waals surface area contributed by atoms with Crippen LogP contribution in [-0.2, 0) is 18.3 Å². The Morgan fingerprint density at radius 2 is 1.91 bits per heavy atom. The zero-order valence-corrected chi connectivity index (χ0v) is 16.3. The minimum absolute atomic E-state index is 0.00314. The lowest BCUT2D eigenvalue weighted by Gasteiger charge is -2.34. The zero-order valence-electron chi connectivity index (χ0n) is 16.3. The van der Waals surface area contributed by atoms with E-state index in [1.54, 1.807) is 0 Å². The van der Waals surface area contributed by atoms with Crippen molar-refractivity contribution in [1.29, 1.82) is 0 Å². The minimum Gasteiger partial charge on any atom is -0.394 e. The number of aromatic nitrogens is 1. The van der Waals surface area contributed by atoms with Crippen molar-refractivity contribution in [2.75, 3.05) is 5.73 Å². The van der Waals surface area contributed by atoms with E-state index in [-0.39, 0.29) is 23.7 Å². The average molecular weight is 454 g/mol. The molecule has 0 spiro atoms. The van der Waals surface area contributed by atoms with Gasteiger partial charge in [0.2, 0.25) is 5.54 Å². The summed E-state index contributed by atoms with van der Waals surface area (Å²) in [5.41, 5.74) is -0.358. The molecule has 1 aromatic carbocycles. The Morgan fingerprint density at radius 3 is 2.53 bits per heavy atom. The lowest BCUT2D eigenvalue weighted by molar-refractivity contribution is -0.177. The van der Waals surface area contributed by atoms with Crippen LogP contribution in [0, 0.1) is 17.8 Å². The van der Waals surface area contributed by atoms with Crippen molar-refractivity contribution in [3.05, 3.63) is 57.5 Å². The standard InChI is InChI=1S/C21H16F6N4O/c22-20(23,24)15-6-8-31(18(32)17(15)28)10-13-3-4-14-16(9-13)29-11-30-19(14,21(25,26)27)7-5-12-1-2-12/h3-4,6,8-9,11-12H,1-2,10,28H2,(H,29,30)/t19-/m0/s1. The summed E-state index contributed by atoms with van der Waals surface area (Å²) in [5.74, 6) is 4.94. The Labute approximate surface area is 177 Å². The molecule has 2 aromatic rings. The molecule has 2 heterocycles. The molecule has 1 aromatic heterocycles. The summed E-state index contributed by atoms with van der Waals surface area (Å²) in [5, 5.41) is 2.25. The zero-order chi connectivity index (χ0) is 23.3. The summed E-state index contributed by atoms with van der Waals surface area (Å²) in [6.45, 7) is -0.204. The van der Waals surface area contributed by atoms with Crippen LogP contribution in [0.2, 0.25) is 0 Å². The first-order valence-electron chi connectivity index (χ1n) is 9.51. The Kier molecular flexibility index (Phi) is 4.99. The molecule has 32 heavy (non-hydrogen) atoms. The SMILES string of the molecule is Nc1c(C(F)(F)F)ccn(Cc2ccc3c(c2)N=CN[C@]3(C#CC2CC2)C(F)(F)F)c1=O. The summed E-state index contributed by atoms with van der Waals surface area (Å²) in [7, 11) is 0. The van der Waals surface area contributed by atoms with Crippen LogP contribution in [0.25, 0.3) is 0 Å². The van der Waals surface area contributed by atoms with E-state index in [0.717, 1.165) is 29.9 Å². The van der Waals surface area contributed by atoms with Crippen molar-refractivity contribution in [2.45, 2.75) is 37.3 Å². The number of hydrogen-bond donors (Lipinski definition) is 2. The van der Waals surface area contributed by atoms with E-state index < -0.39 is 34.7 Å². The number of benzene rings is 1.